The molecule has 1 heterocycles. The van der Waals surface area contributed by atoms with Crippen LogP contribution >= 0.6 is 11.6 Å². The molecule has 0 amide bonds. The summed E-state index contributed by atoms with van der Waals surface area (Å²) >= 11 is 5.69. The number of halogens is 1. The molecule has 0 saturated carbocycles. The fourth-order valence-corrected chi connectivity index (χ4v) is 3.24. The Balaban J connectivity index is 2.05. The smallest absolute Gasteiger partial charge is 0.339 e. The van der Waals surface area contributed by atoms with E-state index in [0.717, 1.165) is 18.2 Å². The summed E-state index contributed by atoms with van der Waals surface area (Å²) in [6, 6.07) is 11.4. The van der Waals surface area contributed by atoms with Crippen LogP contribution in [-0.4, -0.2) is 18.3 Å². The summed E-state index contributed by atoms with van der Waals surface area (Å²) in [5, 5.41) is 11.4. The van der Waals surface area contributed by atoms with Crippen molar-refractivity contribution < 1.29 is 17.5 Å². The van der Waals surface area contributed by atoms with E-state index in [4.69, 9.17) is 15.8 Å². The van der Waals surface area contributed by atoms with Crippen LogP contribution in [0.3, 0.4) is 0 Å². The van der Waals surface area contributed by atoms with E-state index >= 15 is 0 Å². The first-order valence-corrected chi connectivity index (χ1v) is 8.39. The van der Waals surface area contributed by atoms with Gasteiger partial charge in [-0.2, -0.15) is 8.42 Å². The predicted octanol–water partition coefficient (Wildman–Crippen LogP) is 3.56. The van der Waals surface area contributed by atoms with Gasteiger partial charge in [-0.3, -0.25) is 15.1 Å². The third-order valence-electron chi connectivity index (χ3n) is 3.20. The van der Waals surface area contributed by atoms with E-state index in [-0.39, 0.29) is 15.7 Å². The van der Waals surface area contributed by atoms with E-state index < -0.39 is 20.7 Å². The van der Waals surface area contributed by atoms with Crippen molar-refractivity contribution >= 4 is 38.3 Å². The zero-order valence-corrected chi connectivity index (χ0v) is 13.5. The molecule has 122 valence electrons. The van der Waals surface area contributed by atoms with E-state index in [1.807, 2.05) is 0 Å². The van der Waals surface area contributed by atoms with Gasteiger partial charge in [-0.15, -0.1) is 0 Å². The minimum absolute atomic E-state index is 0.0331. The topological polar surface area (TPSA) is 99.4 Å². The van der Waals surface area contributed by atoms with Crippen LogP contribution in [0.4, 0.5) is 5.69 Å². The molecule has 0 aliphatic carbocycles. The van der Waals surface area contributed by atoms with Crippen LogP contribution in [0.1, 0.15) is 0 Å². The molecule has 0 atom stereocenters. The van der Waals surface area contributed by atoms with Crippen molar-refractivity contribution in [2.45, 2.75) is 4.90 Å². The van der Waals surface area contributed by atoms with Gasteiger partial charge in [0.05, 0.1) is 4.92 Å². The minimum atomic E-state index is -4.28. The monoisotopic (exact) mass is 364 g/mol. The summed E-state index contributed by atoms with van der Waals surface area (Å²) in [5.41, 5.74) is -0.149. The second kappa shape index (κ2) is 6.06. The zero-order valence-electron chi connectivity index (χ0n) is 11.9. The van der Waals surface area contributed by atoms with E-state index in [1.165, 1.54) is 12.3 Å². The molecule has 7 nitrogen and oxygen atoms in total. The number of rotatable bonds is 4. The second-order valence-electron chi connectivity index (χ2n) is 4.74. The Bertz CT molecular complexity index is 1050. The Hall–Kier alpha value is -2.71. The first-order valence-electron chi connectivity index (χ1n) is 6.61. The van der Waals surface area contributed by atoms with Gasteiger partial charge < -0.3 is 4.18 Å². The van der Waals surface area contributed by atoms with Crippen molar-refractivity contribution in [3.05, 3.63) is 69.9 Å². The van der Waals surface area contributed by atoms with Crippen LogP contribution in [0.15, 0.2) is 59.6 Å². The van der Waals surface area contributed by atoms with Gasteiger partial charge in [0, 0.05) is 17.6 Å². The normalized spacial score (nSPS) is 11.4. The van der Waals surface area contributed by atoms with Crippen LogP contribution in [0.25, 0.3) is 10.9 Å². The Morgan fingerprint density at radius 1 is 1.12 bits per heavy atom. The number of hydrogen-bond acceptors (Lipinski definition) is 6. The van der Waals surface area contributed by atoms with Crippen molar-refractivity contribution in [3.63, 3.8) is 0 Å². The van der Waals surface area contributed by atoms with Crippen LogP contribution in [-0.2, 0) is 10.1 Å². The molecule has 3 rings (SSSR count). The molecule has 9 heteroatoms. The molecule has 0 N–H and O–H groups in total. The molecule has 1 aromatic heterocycles. The fourth-order valence-electron chi connectivity index (χ4n) is 2.10. The molecule has 0 saturated heterocycles. The number of para-hydroxylation sites is 1. The molecular weight excluding hydrogens is 356 g/mol. The summed E-state index contributed by atoms with van der Waals surface area (Å²) in [6.45, 7) is 0. The quantitative estimate of drug-likeness (QED) is 0.398. The lowest BCUT2D eigenvalue weighted by Gasteiger charge is -2.09. The third kappa shape index (κ3) is 3.01. The van der Waals surface area contributed by atoms with Crippen molar-refractivity contribution in [1.29, 1.82) is 0 Å². The van der Waals surface area contributed by atoms with E-state index in [1.54, 1.807) is 24.3 Å². The average molecular weight is 365 g/mol. The van der Waals surface area contributed by atoms with Gasteiger partial charge in [-0.1, -0.05) is 29.8 Å². The number of fused-ring (bicyclic) bond motifs is 1. The fraction of sp³-hybridized carbons (Fsp3) is 0. The Kier molecular flexibility index (Phi) is 4.08. The van der Waals surface area contributed by atoms with Gasteiger partial charge in [-0.25, -0.2) is 0 Å². The van der Waals surface area contributed by atoms with Crippen LogP contribution < -0.4 is 4.18 Å². The van der Waals surface area contributed by atoms with Crippen molar-refractivity contribution in [3.8, 4) is 5.75 Å². The van der Waals surface area contributed by atoms with Gasteiger partial charge in [-0.05, 0) is 24.3 Å². The van der Waals surface area contributed by atoms with Crippen LogP contribution in [0.5, 0.6) is 5.75 Å². The maximum atomic E-state index is 12.4. The number of nitro benzene ring substituents is 1. The molecule has 0 bridgehead atoms. The van der Waals surface area contributed by atoms with Crippen LogP contribution in [0.2, 0.25) is 5.02 Å². The van der Waals surface area contributed by atoms with E-state index in [0.29, 0.717) is 10.9 Å². The molecule has 0 unspecified atom stereocenters. The SMILES string of the molecule is O=[N+]([O-])c1cc(S(=O)(=O)Oc2cccc3cccnc23)ccc1Cl. The largest absolute Gasteiger partial charge is 0.377 e. The van der Waals surface area contributed by atoms with Crippen LogP contribution in [0, 0.1) is 10.1 Å². The minimum Gasteiger partial charge on any atom is -0.377 e. The maximum Gasteiger partial charge on any atom is 0.339 e. The number of benzene rings is 2. The number of nitro groups is 1. The van der Waals surface area contributed by atoms with E-state index in [9.17, 15) is 18.5 Å². The second-order valence-corrected chi connectivity index (χ2v) is 6.69. The molecule has 2 aromatic carbocycles. The van der Waals surface area contributed by atoms with Gasteiger partial charge >= 0.3 is 10.1 Å². The molecular formula is C15H9ClN2O5S. The highest BCUT2D eigenvalue weighted by Gasteiger charge is 2.23. The average Bonchev–Trinajstić information content (AvgIpc) is 2.55. The zero-order chi connectivity index (χ0) is 17.3. The first-order chi connectivity index (χ1) is 11.4. The highest BCUT2D eigenvalue weighted by Crippen LogP contribution is 2.30. The lowest BCUT2D eigenvalue weighted by Crippen LogP contribution is -2.10. The van der Waals surface area contributed by atoms with E-state index in [2.05, 4.69) is 4.98 Å². The van der Waals surface area contributed by atoms with Crippen molar-refractivity contribution in [1.82, 2.24) is 4.98 Å². The molecule has 0 radical (unpaired) electrons. The summed E-state index contributed by atoms with van der Waals surface area (Å²) < 4.78 is 30.0. The number of pyridine rings is 1. The Morgan fingerprint density at radius 2 is 1.88 bits per heavy atom. The molecule has 0 aliphatic rings. The maximum absolute atomic E-state index is 12.4. The lowest BCUT2D eigenvalue weighted by molar-refractivity contribution is -0.384. The first kappa shape index (κ1) is 16.2. The third-order valence-corrected chi connectivity index (χ3v) is 4.75. The van der Waals surface area contributed by atoms with Gasteiger partial charge in [0.25, 0.3) is 5.69 Å². The van der Waals surface area contributed by atoms with Gasteiger partial charge in [0.1, 0.15) is 15.4 Å². The lowest BCUT2D eigenvalue weighted by atomic mass is 10.2. The van der Waals surface area contributed by atoms with Gasteiger partial charge in [0.15, 0.2) is 5.75 Å². The summed E-state index contributed by atoms with van der Waals surface area (Å²) in [7, 11) is -4.28. The number of hydrogen-bond donors (Lipinski definition) is 0. The summed E-state index contributed by atoms with van der Waals surface area (Å²) in [5.74, 6) is 0.0331. The standard InChI is InChI=1S/C15H9ClN2O5S/c16-12-7-6-11(9-13(12)18(19)20)24(21,22)23-14-5-1-3-10-4-2-8-17-15(10)14/h1-9H. The van der Waals surface area contributed by atoms with Crippen molar-refractivity contribution in [2.24, 2.45) is 0 Å². The highest BCUT2D eigenvalue weighted by atomic mass is 35.5. The summed E-state index contributed by atoms with van der Waals surface area (Å²) in [6.07, 6.45) is 1.51. The molecule has 24 heavy (non-hydrogen) atoms. The molecule has 0 spiro atoms. The molecule has 0 fully saturated rings. The predicted molar refractivity (Wildman–Crippen MR) is 87.7 cm³/mol. The number of aromatic nitrogens is 1. The molecule has 3 aromatic rings. The Labute approximate surface area is 141 Å². The van der Waals surface area contributed by atoms with Crippen molar-refractivity contribution in [2.75, 3.05) is 0 Å². The number of nitrogens with zero attached hydrogens (tertiary/aromatic N) is 2. The highest BCUT2D eigenvalue weighted by molar-refractivity contribution is 7.87. The molecule has 0 aliphatic heterocycles. The Morgan fingerprint density at radius 3 is 2.62 bits per heavy atom. The summed E-state index contributed by atoms with van der Waals surface area (Å²) in [4.78, 5) is 13.9. The van der Waals surface area contributed by atoms with Gasteiger partial charge in [0.2, 0.25) is 0 Å².